The van der Waals surface area contributed by atoms with Crippen LogP contribution in [0.2, 0.25) is 10.0 Å². The van der Waals surface area contributed by atoms with Crippen molar-refractivity contribution in [1.29, 1.82) is 0 Å². The molecule has 0 spiro atoms. The van der Waals surface area contributed by atoms with E-state index in [2.05, 4.69) is 78.3 Å². The van der Waals surface area contributed by atoms with E-state index in [1.165, 1.54) is 31.4 Å². The van der Waals surface area contributed by atoms with Crippen molar-refractivity contribution < 1.29 is 28.2 Å². The molecule has 0 saturated carbocycles. The molecule has 11 rings (SSSR count). The van der Waals surface area contributed by atoms with Gasteiger partial charge < -0.3 is 19.8 Å². The first kappa shape index (κ1) is 54.8. The zero-order valence-corrected chi connectivity index (χ0v) is 45.2. The Kier molecular flexibility index (Phi) is 17.7. The largest absolute Gasteiger partial charge is 0.465 e. The Morgan fingerprint density at radius 2 is 0.975 bits per heavy atom. The highest BCUT2D eigenvalue weighted by Gasteiger charge is 2.14. The lowest BCUT2D eigenvalue weighted by molar-refractivity contribution is 0.0591. The molecular formula is C63H53Cl2FN8O5. The zero-order valence-electron chi connectivity index (χ0n) is 43.7. The Bertz CT molecular complexity index is 4040. The molecule has 0 radical (unpaired) electrons. The predicted molar refractivity (Wildman–Crippen MR) is 307 cm³/mol. The van der Waals surface area contributed by atoms with Crippen molar-refractivity contribution in [2.45, 2.75) is 52.5 Å². The van der Waals surface area contributed by atoms with Gasteiger partial charge in [0.1, 0.15) is 5.82 Å². The van der Waals surface area contributed by atoms with Crippen LogP contribution < -0.4 is 5.32 Å². The Hall–Kier alpha value is -8.98. The molecule has 396 valence electrons. The van der Waals surface area contributed by atoms with Gasteiger partial charge in [0, 0.05) is 124 Å². The van der Waals surface area contributed by atoms with Crippen LogP contribution in [0.5, 0.6) is 0 Å². The number of amides is 1. The molecule has 13 nitrogen and oxygen atoms in total. The summed E-state index contributed by atoms with van der Waals surface area (Å²) in [6.45, 7) is 4.28. The number of nitrogens with zero attached hydrogens (tertiary/aromatic N) is 6. The van der Waals surface area contributed by atoms with Gasteiger partial charge in [0.15, 0.2) is 0 Å². The molecule has 7 aromatic heterocycles. The van der Waals surface area contributed by atoms with Gasteiger partial charge in [-0.05, 0) is 144 Å². The molecule has 11 aromatic rings. The monoisotopic (exact) mass is 1090 g/mol. The van der Waals surface area contributed by atoms with E-state index >= 15 is 0 Å². The van der Waals surface area contributed by atoms with Gasteiger partial charge in [-0.15, -0.1) is 0 Å². The van der Waals surface area contributed by atoms with Crippen molar-refractivity contribution >= 4 is 84.7 Å². The van der Waals surface area contributed by atoms with Crippen LogP contribution in [0.25, 0.3) is 43.6 Å². The molecule has 0 aliphatic carbocycles. The standard InChI is InChI=1S/C27H22ClFN4O.C19H18N2O2.C17H13ClN2O2/c1-2-16-7-19-8-17(3-4-25(19)31-13-16)9-21-10-18(5-6-30-21)27(34)33-14-20-11-22-23(28)15-32-26(22)12-24(20)29;1-3-13-8-16-9-14(4-5-18(16)21-12-13)10-17-11-15(6-7-20-17)19(22)23-2;1-22-17(21)12-4-5-19-15(9-12)7-11-2-3-16-13(6-11)8-14(18)10-20-16/h3-8,10-13,15,32H,2,9,14H2,1H3,(H,33,34);4-9,11-12H,3,10H2,1-2H3;2-6,8-10H,7H2,1H3. The summed E-state index contributed by atoms with van der Waals surface area (Å²) in [5.41, 5.74) is 13.4. The number of carbonyl (C=O) groups is 3. The number of halogens is 3. The number of hydrogen-bond acceptors (Lipinski definition) is 11. The van der Waals surface area contributed by atoms with E-state index in [0.29, 0.717) is 57.1 Å². The number of benzene rings is 4. The van der Waals surface area contributed by atoms with Gasteiger partial charge in [0.05, 0.1) is 51.9 Å². The first-order valence-corrected chi connectivity index (χ1v) is 26.1. The van der Waals surface area contributed by atoms with Gasteiger partial charge in [0.25, 0.3) is 5.91 Å². The van der Waals surface area contributed by atoms with Crippen LogP contribution in [0.4, 0.5) is 4.39 Å². The molecule has 1 amide bonds. The number of fused-ring (bicyclic) bond motifs is 4. The minimum atomic E-state index is -0.404. The fourth-order valence-electron chi connectivity index (χ4n) is 8.87. The number of H-pyrrole nitrogens is 1. The predicted octanol–water partition coefficient (Wildman–Crippen LogP) is 13.2. The van der Waals surface area contributed by atoms with Crippen molar-refractivity contribution in [2.75, 3.05) is 14.2 Å². The molecule has 0 bridgehead atoms. The Morgan fingerprint density at radius 3 is 1.46 bits per heavy atom. The molecule has 2 N–H and O–H groups in total. The number of hydrogen-bond donors (Lipinski definition) is 2. The molecule has 16 heteroatoms. The highest BCUT2D eigenvalue weighted by Crippen LogP contribution is 2.27. The van der Waals surface area contributed by atoms with Crippen molar-refractivity contribution in [1.82, 2.24) is 40.2 Å². The van der Waals surface area contributed by atoms with Crippen molar-refractivity contribution in [2.24, 2.45) is 0 Å². The average molecular weight is 1090 g/mol. The highest BCUT2D eigenvalue weighted by atomic mass is 35.5. The van der Waals surface area contributed by atoms with Gasteiger partial charge in [-0.2, -0.15) is 0 Å². The normalized spacial score (nSPS) is 10.9. The number of rotatable bonds is 13. The van der Waals surface area contributed by atoms with Crippen molar-refractivity contribution in [3.05, 3.63) is 248 Å². The smallest absolute Gasteiger partial charge is 0.337 e. The maximum Gasteiger partial charge on any atom is 0.337 e. The lowest BCUT2D eigenvalue weighted by atomic mass is 10.0. The number of aromatic amines is 1. The number of carbonyl (C=O) groups excluding carboxylic acids is 3. The topological polar surface area (TPSA) is 175 Å². The van der Waals surface area contributed by atoms with E-state index in [0.717, 1.165) is 84.7 Å². The Balaban J connectivity index is 0.000000149. The first-order valence-electron chi connectivity index (χ1n) is 25.4. The molecular weight excluding hydrogens is 1040 g/mol. The summed E-state index contributed by atoms with van der Waals surface area (Å²) in [7, 11) is 2.74. The van der Waals surface area contributed by atoms with E-state index in [4.69, 9.17) is 32.7 Å². The minimum Gasteiger partial charge on any atom is -0.465 e. The number of ether oxygens (including phenoxy) is 2. The average Bonchev–Trinajstić information content (AvgIpc) is 3.86. The van der Waals surface area contributed by atoms with E-state index < -0.39 is 5.82 Å². The summed E-state index contributed by atoms with van der Waals surface area (Å²) >= 11 is 12.1. The van der Waals surface area contributed by atoms with Gasteiger partial charge >= 0.3 is 11.9 Å². The summed E-state index contributed by atoms with van der Waals surface area (Å²) < 4.78 is 23.9. The number of esters is 2. The number of aromatic nitrogens is 7. The molecule has 0 aliphatic heterocycles. The van der Waals surface area contributed by atoms with Crippen LogP contribution in [-0.4, -0.2) is 67.0 Å². The molecule has 0 atom stereocenters. The lowest BCUT2D eigenvalue weighted by Gasteiger charge is -2.09. The molecule has 79 heavy (non-hydrogen) atoms. The summed E-state index contributed by atoms with van der Waals surface area (Å²) in [5.74, 6) is -1.40. The Labute approximate surface area is 465 Å². The second-order valence-corrected chi connectivity index (χ2v) is 19.4. The third kappa shape index (κ3) is 14.0. The van der Waals surface area contributed by atoms with Crippen LogP contribution >= 0.6 is 23.2 Å². The molecule has 0 aliphatic rings. The van der Waals surface area contributed by atoms with Crippen LogP contribution in [0.15, 0.2) is 165 Å². The number of aryl methyl sites for hydroxylation is 2. The quantitative estimate of drug-likeness (QED) is 0.105. The first-order chi connectivity index (χ1) is 38.3. The highest BCUT2D eigenvalue weighted by molar-refractivity contribution is 6.35. The molecule has 7 heterocycles. The van der Waals surface area contributed by atoms with Crippen LogP contribution in [0.1, 0.15) is 95.4 Å². The van der Waals surface area contributed by atoms with Crippen LogP contribution in [0, 0.1) is 5.82 Å². The molecule has 0 fully saturated rings. The summed E-state index contributed by atoms with van der Waals surface area (Å²) in [5, 5.41) is 7.83. The lowest BCUT2D eigenvalue weighted by Crippen LogP contribution is -2.23. The van der Waals surface area contributed by atoms with Gasteiger partial charge in [0.2, 0.25) is 0 Å². The third-order valence-electron chi connectivity index (χ3n) is 13.1. The van der Waals surface area contributed by atoms with E-state index in [-0.39, 0.29) is 24.4 Å². The van der Waals surface area contributed by atoms with E-state index in [1.807, 2.05) is 60.9 Å². The minimum absolute atomic E-state index is 0.0528. The second-order valence-electron chi connectivity index (χ2n) is 18.6. The Morgan fingerprint density at radius 1 is 0.532 bits per heavy atom. The summed E-state index contributed by atoms with van der Waals surface area (Å²) in [6.07, 6.45) is 15.7. The molecule has 0 unspecified atom stereocenters. The third-order valence-corrected chi connectivity index (χ3v) is 13.6. The van der Waals surface area contributed by atoms with Gasteiger partial charge in [-0.1, -0.05) is 55.2 Å². The van der Waals surface area contributed by atoms with Crippen LogP contribution in [-0.2, 0) is 48.1 Å². The second kappa shape index (κ2) is 25.4. The summed E-state index contributed by atoms with van der Waals surface area (Å²) in [4.78, 5) is 65.2. The fraction of sp³-hybridized carbons (Fsp3) is 0.159. The van der Waals surface area contributed by atoms with Gasteiger partial charge in [-0.3, -0.25) is 34.7 Å². The van der Waals surface area contributed by atoms with Gasteiger partial charge in [-0.25, -0.2) is 14.0 Å². The zero-order chi connectivity index (χ0) is 55.4. The van der Waals surface area contributed by atoms with Crippen molar-refractivity contribution in [3.8, 4) is 0 Å². The maximum absolute atomic E-state index is 14.4. The SMILES string of the molecule is CCc1cnc2ccc(Cc3cc(C(=O)NCc4cc5c(Cl)c[nH]c5cc4F)ccn3)cc2c1.CCc1cnc2ccc(Cc3cc(C(=O)OC)ccn3)cc2c1.COC(=O)c1ccnc(Cc2ccc3ncc(Cl)cc3c2)c1. The number of methoxy groups -OCH3 is 2. The summed E-state index contributed by atoms with van der Waals surface area (Å²) in [6, 6.07) is 37.8. The fourth-order valence-corrected chi connectivity index (χ4v) is 9.25. The molecule has 4 aromatic carbocycles. The maximum atomic E-state index is 14.4. The number of nitrogens with one attached hydrogen (secondary N) is 2. The van der Waals surface area contributed by atoms with E-state index in [1.54, 1.807) is 73.4 Å². The van der Waals surface area contributed by atoms with E-state index in [9.17, 15) is 18.8 Å². The van der Waals surface area contributed by atoms with Crippen molar-refractivity contribution in [3.63, 3.8) is 0 Å². The number of pyridine rings is 6. The molecule has 0 saturated heterocycles. The van der Waals surface area contributed by atoms with Crippen LogP contribution in [0.3, 0.4) is 0 Å².